The number of hydrogen-bond donors (Lipinski definition) is 0. The van der Waals surface area contributed by atoms with Crippen LogP contribution in [-0.4, -0.2) is 37.7 Å². The van der Waals surface area contributed by atoms with Gasteiger partial charge in [-0.15, -0.1) is 0 Å². The molecule has 0 N–H and O–H groups in total. The number of methoxy groups -OCH3 is 1. The zero-order valence-electron chi connectivity index (χ0n) is 16.1. The molecule has 0 unspecified atom stereocenters. The number of carbonyl (C=O) groups excluding carboxylic acids is 2. The first-order chi connectivity index (χ1) is 14.3. The molecule has 30 heavy (non-hydrogen) atoms. The number of benzene rings is 2. The average Bonchev–Trinajstić information content (AvgIpc) is 3.04. The summed E-state index contributed by atoms with van der Waals surface area (Å²) >= 11 is 4.68. The van der Waals surface area contributed by atoms with Crippen LogP contribution in [0.15, 0.2) is 62.9 Å². The van der Waals surface area contributed by atoms with E-state index in [2.05, 4.69) is 20.9 Å². The number of aromatic nitrogens is 1. The number of fused-ring (bicyclic) bond motifs is 1. The lowest BCUT2D eigenvalue weighted by Crippen LogP contribution is -2.22. The quantitative estimate of drug-likeness (QED) is 0.454. The molecule has 0 aliphatic carbocycles. The number of thiazole rings is 1. The van der Waals surface area contributed by atoms with Gasteiger partial charge < -0.3 is 9.30 Å². The lowest BCUT2D eigenvalue weighted by Gasteiger charge is -2.04. The molecular weight excluding hydrogens is 492 g/mol. The van der Waals surface area contributed by atoms with Crippen molar-refractivity contribution >= 4 is 59.2 Å². The molecule has 0 atom stereocenters. The highest BCUT2D eigenvalue weighted by atomic mass is 79.9. The van der Waals surface area contributed by atoms with Crippen LogP contribution in [0.4, 0.5) is 0 Å². The molecule has 0 fully saturated rings. The van der Waals surface area contributed by atoms with Crippen molar-refractivity contribution in [2.45, 2.75) is 24.3 Å². The van der Waals surface area contributed by atoms with E-state index < -0.39 is 21.7 Å². The molecule has 3 aromatic rings. The fourth-order valence-electron chi connectivity index (χ4n) is 2.80. The van der Waals surface area contributed by atoms with E-state index in [1.807, 2.05) is 18.2 Å². The Hall–Kier alpha value is -2.30. The summed E-state index contributed by atoms with van der Waals surface area (Å²) in [6.07, 6.45) is 0.148. The topological polar surface area (TPSA) is 94.8 Å². The molecule has 2 aromatic carbocycles. The van der Waals surface area contributed by atoms with Crippen LogP contribution in [-0.2, 0) is 30.7 Å². The van der Waals surface area contributed by atoms with Gasteiger partial charge in [0.05, 0.1) is 28.0 Å². The fraction of sp³-hybridized carbons (Fsp3) is 0.250. The Morgan fingerprint density at radius 2 is 1.90 bits per heavy atom. The number of carbonyl (C=O) groups is 2. The standard InChI is InChI=1S/C20H19BrN2O5S2/c1-28-19(25)13-23-16-10-9-14(21)12-17(16)29-20(23)22-18(24)8-5-11-30(26,27)15-6-3-2-4-7-15/h2-4,6-7,9-10,12H,5,8,11,13H2,1H3. The number of rotatable bonds is 7. The van der Waals surface area contributed by atoms with E-state index in [9.17, 15) is 18.0 Å². The Morgan fingerprint density at radius 3 is 2.60 bits per heavy atom. The van der Waals surface area contributed by atoms with E-state index in [4.69, 9.17) is 4.74 Å². The van der Waals surface area contributed by atoms with Crippen LogP contribution in [0.25, 0.3) is 10.2 Å². The van der Waals surface area contributed by atoms with Crippen LogP contribution in [0.5, 0.6) is 0 Å². The average molecular weight is 511 g/mol. The summed E-state index contributed by atoms with van der Waals surface area (Å²) in [7, 11) is -2.15. The summed E-state index contributed by atoms with van der Waals surface area (Å²) < 4.78 is 32.7. The number of hydrogen-bond acceptors (Lipinski definition) is 6. The first kappa shape index (κ1) is 22.4. The minimum atomic E-state index is -3.44. The highest BCUT2D eigenvalue weighted by Crippen LogP contribution is 2.22. The number of ether oxygens (including phenoxy) is 1. The highest BCUT2D eigenvalue weighted by molar-refractivity contribution is 9.10. The Bertz CT molecular complexity index is 1250. The number of sulfone groups is 1. The second-order valence-corrected chi connectivity index (χ2v) is 10.4. The summed E-state index contributed by atoms with van der Waals surface area (Å²) in [4.78, 5) is 28.9. The fourth-order valence-corrected chi connectivity index (χ4v) is 5.73. The minimum Gasteiger partial charge on any atom is -0.468 e. The normalized spacial score (nSPS) is 12.3. The summed E-state index contributed by atoms with van der Waals surface area (Å²) in [6, 6.07) is 13.7. The van der Waals surface area contributed by atoms with Gasteiger partial charge in [0.25, 0.3) is 0 Å². The zero-order valence-corrected chi connectivity index (χ0v) is 19.3. The number of amides is 1. The van der Waals surface area contributed by atoms with Crippen molar-refractivity contribution in [3.05, 3.63) is 57.8 Å². The van der Waals surface area contributed by atoms with Crippen molar-refractivity contribution in [1.29, 1.82) is 0 Å². The summed E-state index contributed by atoms with van der Waals surface area (Å²) in [5, 5.41) is 0. The predicted molar refractivity (Wildman–Crippen MR) is 118 cm³/mol. The second kappa shape index (κ2) is 9.67. The minimum absolute atomic E-state index is 0.0117. The lowest BCUT2D eigenvalue weighted by molar-refractivity contribution is -0.141. The molecule has 158 valence electrons. The van der Waals surface area contributed by atoms with E-state index in [1.54, 1.807) is 22.8 Å². The van der Waals surface area contributed by atoms with E-state index in [0.29, 0.717) is 4.80 Å². The van der Waals surface area contributed by atoms with Gasteiger partial charge in [-0.1, -0.05) is 45.5 Å². The SMILES string of the molecule is COC(=O)Cn1c(=NC(=O)CCCS(=O)(=O)c2ccccc2)sc2cc(Br)ccc21. The van der Waals surface area contributed by atoms with Crippen molar-refractivity contribution in [2.24, 2.45) is 4.99 Å². The first-order valence-corrected chi connectivity index (χ1v) is 12.3. The smallest absolute Gasteiger partial charge is 0.325 e. The third-order valence-electron chi connectivity index (χ3n) is 4.29. The maximum atomic E-state index is 12.4. The summed E-state index contributed by atoms with van der Waals surface area (Å²) in [5.74, 6) is -1.04. The van der Waals surface area contributed by atoms with Crippen LogP contribution in [0.2, 0.25) is 0 Å². The predicted octanol–water partition coefficient (Wildman–Crippen LogP) is 3.32. The van der Waals surface area contributed by atoms with E-state index in [-0.39, 0.29) is 30.0 Å². The highest BCUT2D eigenvalue weighted by Gasteiger charge is 2.15. The van der Waals surface area contributed by atoms with Gasteiger partial charge in [-0.25, -0.2) is 8.42 Å². The summed E-state index contributed by atoms with van der Waals surface area (Å²) in [5.41, 5.74) is 0.756. The van der Waals surface area contributed by atoms with Crippen LogP contribution in [0.3, 0.4) is 0 Å². The molecule has 0 aliphatic heterocycles. The number of nitrogens with zero attached hydrogens (tertiary/aromatic N) is 2. The third-order valence-corrected chi connectivity index (χ3v) is 7.64. The van der Waals surface area contributed by atoms with E-state index in [0.717, 1.165) is 14.7 Å². The molecule has 0 spiro atoms. The molecule has 1 heterocycles. The van der Waals surface area contributed by atoms with Gasteiger partial charge in [0, 0.05) is 10.9 Å². The molecule has 1 amide bonds. The van der Waals surface area contributed by atoms with Crippen molar-refractivity contribution in [3.63, 3.8) is 0 Å². The molecule has 0 aliphatic rings. The Balaban J connectivity index is 1.79. The maximum absolute atomic E-state index is 12.4. The number of halogens is 1. The molecule has 1 aromatic heterocycles. The molecular formula is C20H19BrN2O5S2. The molecule has 0 bridgehead atoms. The van der Waals surface area contributed by atoms with E-state index in [1.165, 1.54) is 30.6 Å². The van der Waals surface area contributed by atoms with Gasteiger partial charge >= 0.3 is 5.97 Å². The molecule has 0 radical (unpaired) electrons. The maximum Gasteiger partial charge on any atom is 0.325 e. The number of esters is 1. The lowest BCUT2D eigenvalue weighted by atomic mass is 10.3. The van der Waals surface area contributed by atoms with Gasteiger partial charge in [0.2, 0.25) is 5.91 Å². The molecule has 10 heteroatoms. The van der Waals surface area contributed by atoms with E-state index >= 15 is 0 Å². The monoisotopic (exact) mass is 510 g/mol. The molecule has 3 rings (SSSR count). The van der Waals surface area contributed by atoms with Gasteiger partial charge in [-0.3, -0.25) is 9.59 Å². The zero-order chi connectivity index (χ0) is 21.7. The van der Waals surface area contributed by atoms with Crippen LogP contribution >= 0.6 is 27.3 Å². The van der Waals surface area contributed by atoms with Gasteiger partial charge in [0.1, 0.15) is 6.54 Å². The van der Waals surface area contributed by atoms with Gasteiger partial charge in [-0.2, -0.15) is 4.99 Å². The Kier molecular flexibility index (Phi) is 7.22. The molecule has 0 saturated heterocycles. The van der Waals surface area contributed by atoms with Crippen molar-refractivity contribution in [1.82, 2.24) is 4.57 Å². The van der Waals surface area contributed by atoms with Crippen LogP contribution in [0.1, 0.15) is 12.8 Å². The Labute approximate surface area is 186 Å². The first-order valence-electron chi connectivity index (χ1n) is 9.01. The second-order valence-electron chi connectivity index (χ2n) is 6.40. The van der Waals surface area contributed by atoms with Crippen molar-refractivity contribution < 1.29 is 22.7 Å². The van der Waals surface area contributed by atoms with Crippen LogP contribution < -0.4 is 4.80 Å². The largest absolute Gasteiger partial charge is 0.468 e. The van der Waals surface area contributed by atoms with Gasteiger partial charge in [0.15, 0.2) is 14.6 Å². The van der Waals surface area contributed by atoms with Crippen molar-refractivity contribution in [3.8, 4) is 0 Å². The summed E-state index contributed by atoms with van der Waals surface area (Å²) in [6.45, 7) is -0.0768. The third kappa shape index (κ3) is 5.44. The Morgan fingerprint density at radius 1 is 1.17 bits per heavy atom. The van der Waals surface area contributed by atoms with Crippen LogP contribution in [0, 0.1) is 0 Å². The molecule has 0 saturated carbocycles. The van der Waals surface area contributed by atoms with Crippen molar-refractivity contribution in [2.75, 3.05) is 12.9 Å². The van der Waals surface area contributed by atoms with Gasteiger partial charge in [-0.05, 0) is 36.8 Å². The molecule has 7 nitrogen and oxygen atoms in total.